The Bertz CT molecular complexity index is 1060. The molecule has 3 fully saturated rings. The van der Waals surface area contributed by atoms with E-state index in [4.69, 9.17) is 25.5 Å². The van der Waals surface area contributed by atoms with Crippen molar-refractivity contribution in [3.05, 3.63) is 35.8 Å². The third kappa shape index (κ3) is 3.03. The number of halogens is 1. The molecule has 184 valence electrons. The Balaban J connectivity index is 1.61. The van der Waals surface area contributed by atoms with Crippen LogP contribution < -0.4 is 0 Å². The molecule has 3 saturated carbocycles. The second-order valence-electron chi connectivity index (χ2n) is 11.7. The quantitative estimate of drug-likeness (QED) is 0.426. The number of furan rings is 1. The number of alkyl halides is 1. The standard InChI is InChI=1S/C27H33ClO6/c1-25(2)19(12-20(29)32-5)27(4)17-6-8-26(3)18(15(17)10-16(22(25)28)23(27)31)11-21(30)34-24(26)14-7-9-33-13-14/h7,9,11,13,15-17,19,22,24H,6,8,10,12H2,1-5H3. The molecule has 2 heterocycles. The van der Waals surface area contributed by atoms with E-state index in [1.807, 2.05) is 13.0 Å². The first-order chi connectivity index (χ1) is 16.0. The number of hydrogen-bond acceptors (Lipinski definition) is 6. The minimum absolute atomic E-state index is 0.0181. The van der Waals surface area contributed by atoms with Crippen molar-refractivity contribution in [2.24, 2.45) is 39.9 Å². The molecule has 0 N–H and O–H groups in total. The Morgan fingerprint density at radius 3 is 2.59 bits per heavy atom. The summed E-state index contributed by atoms with van der Waals surface area (Å²) in [6, 6.07) is 1.85. The fourth-order valence-electron chi connectivity index (χ4n) is 8.13. The van der Waals surface area contributed by atoms with E-state index >= 15 is 0 Å². The third-order valence-corrected chi connectivity index (χ3v) is 10.7. The molecule has 0 spiro atoms. The minimum Gasteiger partial charge on any atom is -0.472 e. The molecule has 1 aliphatic heterocycles. The molecule has 0 saturated heterocycles. The molecule has 0 amide bonds. The summed E-state index contributed by atoms with van der Waals surface area (Å²) < 4.78 is 16.2. The van der Waals surface area contributed by atoms with Gasteiger partial charge in [-0.05, 0) is 54.1 Å². The molecule has 6 nitrogen and oxygen atoms in total. The maximum Gasteiger partial charge on any atom is 0.331 e. The first-order valence-corrected chi connectivity index (χ1v) is 12.6. The summed E-state index contributed by atoms with van der Waals surface area (Å²) in [5.41, 5.74) is 0.354. The van der Waals surface area contributed by atoms with Crippen molar-refractivity contribution < 1.29 is 28.3 Å². The van der Waals surface area contributed by atoms with Crippen molar-refractivity contribution in [1.29, 1.82) is 0 Å². The lowest BCUT2D eigenvalue weighted by Crippen LogP contribution is -2.66. The van der Waals surface area contributed by atoms with Crippen LogP contribution in [0.25, 0.3) is 0 Å². The number of fused-ring (bicyclic) bond motifs is 6. The fraction of sp³-hybridized carbons (Fsp3) is 0.667. The van der Waals surface area contributed by atoms with Crippen LogP contribution in [0.3, 0.4) is 0 Å². The number of carbonyl (C=O) groups excluding carboxylic acids is 3. The SMILES string of the molecule is COC(=O)CC1C(C)(C)C(Cl)C2CC3C4=CC(=O)OC(c5ccoc5)C4(C)CCC3C1(C)C2=O. The molecule has 0 radical (unpaired) electrons. The molecule has 1 aromatic heterocycles. The van der Waals surface area contributed by atoms with Crippen LogP contribution in [0.15, 0.2) is 34.7 Å². The van der Waals surface area contributed by atoms with Crippen LogP contribution in [-0.2, 0) is 23.9 Å². The molecular weight excluding hydrogens is 456 g/mol. The molecule has 8 unspecified atom stereocenters. The van der Waals surface area contributed by atoms with Crippen LogP contribution in [-0.4, -0.2) is 30.2 Å². The van der Waals surface area contributed by atoms with Crippen LogP contribution in [0, 0.1) is 39.9 Å². The summed E-state index contributed by atoms with van der Waals surface area (Å²) in [4.78, 5) is 39.2. The van der Waals surface area contributed by atoms with Crippen LogP contribution in [0.5, 0.6) is 0 Å². The van der Waals surface area contributed by atoms with Crippen LogP contribution in [0.2, 0.25) is 0 Å². The van der Waals surface area contributed by atoms with Gasteiger partial charge in [0.1, 0.15) is 11.9 Å². The zero-order chi connectivity index (χ0) is 24.6. The Morgan fingerprint density at radius 1 is 1.21 bits per heavy atom. The number of carbonyl (C=O) groups is 3. The smallest absolute Gasteiger partial charge is 0.331 e. The number of hydrogen-bond donors (Lipinski definition) is 0. The van der Waals surface area contributed by atoms with Crippen LogP contribution in [0.1, 0.15) is 65.0 Å². The van der Waals surface area contributed by atoms with E-state index in [9.17, 15) is 14.4 Å². The van der Waals surface area contributed by atoms with Crippen LogP contribution in [0.4, 0.5) is 0 Å². The van der Waals surface area contributed by atoms with E-state index in [0.29, 0.717) is 6.42 Å². The minimum atomic E-state index is -0.731. The molecule has 0 aromatic carbocycles. The summed E-state index contributed by atoms with van der Waals surface area (Å²) >= 11 is 7.04. The van der Waals surface area contributed by atoms with Gasteiger partial charge in [0.25, 0.3) is 0 Å². The summed E-state index contributed by atoms with van der Waals surface area (Å²) in [6.07, 6.45) is 6.81. The van der Waals surface area contributed by atoms with Gasteiger partial charge in [-0.15, -0.1) is 11.6 Å². The van der Waals surface area contributed by atoms with E-state index in [-0.39, 0.29) is 53.2 Å². The van der Waals surface area contributed by atoms with Crippen molar-refractivity contribution in [2.75, 3.05) is 7.11 Å². The Labute approximate surface area is 205 Å². The topological polar surface area (TPSA) is 82.8 Å². The Hall–Kier alpha value is -2.08. The van der Waals surface area contributed by atoms with Gasteiger partial charge in [-0.1, -0.05) is 27.7 Å². The highest BCUT2D eigenvalue weighted by molar-refractivity contribution is 6.23. The predicted molar refractivity (Wildman–Crippen MR) is 125 cm³/mol. The van der Waals surface area contributed by atoms with E-state index in [1.54, 1.807) is 18.6 Å². The number of ketones is 1. The van der Waals surface area contributed by atoms with Crippen molar-refractivity contribution >= 4 is 29.3 Å². The first-order valence-electron chi connectivity index (χ1n) is 12.2. The van der Waals surface area contributed by atoms with Gasteiger partial charge < -0.3 is 13.9 Å². The van der Waals surface area contributed by atoms with Crippen molar-refractivity contribution in [3.63, 3.8) is 0 Å². The molecular formula is C27H33ClO6. The van der Waals surface area contributed by atoms with Gasteiger partial charge in [-0.2, -0.15) is 0 Å². The molecule has 5 rings (SSSR count). The summed E-state index contributed by atoms with van der Waals surface area (Å²) in [5, 5.41) is -0.405. The molecule has 4 aliphatic rings. The maximum atomic E-state index is 14.0. The third-order valence-electron chi connectivity index (χ3n) is 9.88. The number of cyclic esters (lactones) is 1. The van der Waals surface area contributed by atoms with Gasteiger partial charge in [-0.3, -0.25) is 9.59 Å². The average molecular weight is 489 g/mol. The Morgan fingerprint density at radius 2 is 1.94 bits per heavy atom. The highest BCUT2D eigenvalue weighted by atomic mass is 35.5. The molecule has 3 aliphatic carbocycles. The van der Waals surface area contributed by atoms with E-state index in [1.165, 1.54) is 7.11 Å². The number of rotatable bonds is 3. The van der Waals surface area contributed by atoms with Gasteiger partial charge in [0.15, 0.2) is 0 Å². The molecule has 2 bridgehead atoms. The van der Waals surface area contributed by atoms with Crippen LogP contribution >= 0.6 is 11.6 Å². The summed E-state index contributed by atoms with van der Waals surface area (Å²) in [5.74, 6) is -1.06. The lowest BCUT2D eigenvalue weighted by Gasteiger charge is -2.65. The van der Waals surface area contributed by atoms with Gasteiger partial charge in [0.2, 0.25) is 0 Å². The van der Waals surface area contributed by atoms with Crippen molar-refractivity contribution in [2.45, 2.75) is 64.9 Å². The molecule has 8 atom stereocenters. The maximum absolute atomic E-state index is 14.0. The van der Waals surface area contributed by atoms with E-state index in [0.717, 1.165) is 24.0 Å². The second-order valence-corrected chi connectivity index (χ2v) is 12.2. The Kier molecular flexibility index (Phi) is 5.36. The van der Waals surface area contributed by atoms with Gasteiger partial charge in [-0.25, -0.2) is 4.79 Å². The van der Waals surface area contributed by atoms with Gasteiger partial charge >= 0.3 is 11.9 Å². The predicted octanol–water partition coefficient (Wildman–Crippen LogP) is 5.26. The van der Waals surface area contributed by atoms with E-state index in [2.05, 4.69) is 20.8 Å². The molecule has 7 heteroatoms. The fourth-order valence-corrected chi connectivity index (χ4v) is 8.50. The highest BCUT2D eigenvalue weighted by Gasteiger charge is 2.69. The monoisotopic (exact) mass is 488 g/mol. The normalized spacial score (nSPS) is 42.7. The lowest BCUT2D eigenvalue weighted by molar-refractivity contribution is -0.178. The number of ether oxygens (including phenoxy) is 2. The summed E-state index contributed by atoms with van der Waals surface area (Å²) in [7, 11) is 1.38. The van der Waals surface area contributed by atoms with E-state index < -0.39 is 22.3 Å². The lowest BCUT2D eigenvalue weighted by atomic mass is 9.39. The molecule has 1 aromatic rings. The largest absolute Gasteiger partial charge is 0.472 e. The zero-order valence-corrected chi connectivity index (χ0v) is 21.2. The van der Waals surface area contributed by atoms with Crippen molar-refractivity contribution in [3.8, 4) is 0 Å². The second kappa shape index (κ2) is 7.71. The zero-order valence-electron chi connectivity index (χ0n) is 20.4. The number of esters is 2. The number of methoxy groups -OCH3 is 1. The summed E-state index contributed by atoms with van der Waals surface area (Å²) in [6.45, 7) is 8.35. The first kappa shape index (κ1) is 23.7. The molecule has 34 heavy (non-hydrogen) atoms. The van der Waals surface area contributed by atoms with Crippen molar-refractivity contribution in [1.82, 2.24) is 0 Å². The number of Topliss-reactive ketones (excluding diaryl/α,β-unsaturated/α-hetero) is 1. The van der Waals surface area contributed by atoms with Gasteiger partial charge in [0, 0.05) is 40.2 Å². The highest BCUT2D eigenvalue weighted by Crippen LogP contribution is 2.69. The van der Waals surface area contributed by atoms with Gasteiger partial charge in [0.05, 0.1) is 19.6 Å². The average Bonchev–Trinajstić information content (AvgIpc) is 3.32.